The third kappa shape index (κ3) is 10.2. The van der Waals surface area contributed by atoms with E-state index in [9.17, 15) is 76.0 Å². The van der Waals surface area contributed by atoms with Gasteiger partial charge in [0.25, 0.3) is 0 Å². The van der Waals surface area contributed by atoms with Crippen LogP contribution in [0, 0.1) is 0 Å². The maximum Gasteiger partial charge on any atom is 1.00 e. The van der Waals surface area contributed by atoms with Crippen LogP contribution >= 0.6 is 0 Å². The predicted octanol–water partition coefficient (Wildman–Crippen LogP) is -16.0. The topological polar surface area (TPSA) is 358 Å². The van der Waals surface area contributed by atoms with Gasteiger partial charge in [-0.25, -0.2) is 0 Å². The van der Waals surface area contributed by atoms with Gasteiger partial charge in [0.1, 0.15) is 79.1 Å². The Hall–Kier alpha value is -0.000000000000000444. The molecule has 0 radical (unpaired) electrons. The second-order valence-corrected chi connectivity index (χ2v) is 11.3. The van der Waals surface area contributed by atoms with Crippen LogP contribution < -0.4 is 69.3 Å². The minimum atomic E-state index is -3.20. The quantitative estimate of drug-likeness (QED) is 0.0549. The van der Waals surface area contributed by atoms with Crippen molar-refractivity contribution in [3.63, 3.8) is 0 Å². The van der Waals surface area contributed by atoms with E-state index in [-0.39, 0.29) is 59.1 Å². The molecule has 11 N–H and O–H groups in total. The van der Waals surface area contributed by atoms with Crippen LogP contribution in [0.1, 0.15) is 12.8 Å². The van der Waals surface area contributed by atoms with E-state index in [1.165, 1.54) is 0 Å². The molecule has 3 heterocycles. The first-order valence-electron chi connectivity index (χ1n) is 14.3. The van der Waals surface area contributed by atoms with Crippen molar-refractivity contribution in [2.45, 2.75) is 110 Å². The van der Waals surface area contributed by atoms with Gasteiger partial charge in [0, 0.05) is 12.8 Å². The van der Waals surface area contributed by atoms with E-state index in [1.54, 1.807) is 0 Å². The van der Waals surface area contributed by atoms with Gasteiger partial charge in [0.15, 0.2) is 6.29 Å². The molecule has 0 aromatic heterocycles. The second-order valence-electron chi connectivity index (χ2n) is 11.3. The van der Waals surface area contributed by atoms with Crippen LogP contribution in [0.2, 0.25) is 0 Å². The Morgan fingerprint density at radius 2 is 1.29 bits per heavy atom. The zero-order chi connectivity index (χ0) is 35.4. The van der Waals surface area contributed by atoms with Gasteiger partial charge >= 0.3 is 59.1 Å². The van der Waals surface area contributed by atoms with Crippen molar-refractivity contribution in [3.8, 4) is 0 Å². The minimum absolute atomic E-state index is 0. The third-order valence-corrected chi connectivity index (χ3v) is 8.02. The number of rotatable bonds is 15. The summed E-state index contributed by atoms with van der Waals surface area (Å²) in [6.07, 6.45) is -30.0. The average molecular weight is 735 g/mol. The normalized spacial score (nSPS) is 41.3. The Labute approximate surface area is 322 Å². The number of carboxylic acid groups (broad SMARTS) is 2. The fraction of sp³-hybridized carbons (Fsp3) is 0.846. The van der Waals surface area contributed by atoms with Crippen LogP contribution in [0.5, 0.6) is 0 Å². The molecule has 0 aromatic carbocycles. The molecule has 0 bridgehead atoms. The molecule has 21 nitrogen and oxygen atoms in total. The Morgan fingerprint density at radius 1 is 0.776 bits per heavy atom. The number of hydrogen-bond acceptors (Lipinski definition) is 21. The van der Waals surface area contributed by atoms with Gasteiger partial charge in [-0.05, 0) is 0 Å². The van der Waals surface area contributed by atoms with Crippen molar-refractivity contribution in [3.05, 3.63) is 12.7 Å². The van der Waals surface area contributed by atoms with Gasteiger partial charge in [-0.3, -0.25) is 0 Å². The molecule has 0 saturated carbocycles. The van der Waals surface area contributed by atoms with Crippen molar-refractivity contribution >= 4 is 11.9 Å². The van der Waals surface area contributed by atoms with E-state index in [2.05, 4.69) is 6.58 Å². The van der Waals surface area contributed by atoms with Crippen LogP contribution in [-0.4, -0.2) is 192 Å². The first-order chi connectivity index (χ1) is 22.0. The maximum absolute atomic E-state index is 12.6. The van der Waals surface area contributed by atoms with E-state index in [0.29, 0.717) is 0 Å². The van der Waals surface area contributed by atoms with Gasteiger partial charge in [-0.1, -0.05) is 6.08 Å². The van der Waals surface area contributed by atoms with Gasteiger partial charge in [-0.2, -0.15) is 0 Å². The second kappa shape index (κ2) is 19.9. The number of carbonyl (C=O) groups is 2. The number of aliphatic hydroxyl groups excluding tert-OH is 11. The molecule has 3 aliphatic heterocycles. The molecule has 0 spiro atoms. The molecular weight excluding hydrogens is 694 g/mol. The average Bonchev–Trinajstić information content (AvgIpc) is 3.04. The molecule has 0 aliphatic carbocycles. The summed E-state index contributed by atoms with van der Waals surface area (Å²) < 4.78 is 32.8. The summed E-state index contributed by atoms with van der Waals surface area (Å²) in [5.41, 5.74) is 0. The molecular formula is C26H40Na2O21. The summed E-state index contributed by atoms with van der Waals surface area (Å²) in [6, 6.07) is 0. The first kappa shape index (κ1) is 47.0. The van der Waals surface area contributed by atoms with Crippen molar-refractivity contribution in [1.29, 1.82) is 0 Å². The van der Waals surface area contributed by atoms with E-state index >= 15 is 0 Å². The molecule has 3 aliphatic rings. The third-order valence-electron chi connectivity index (χ3n) is 8.02. The van der Waals surface area contributed by atoms with Crippen molar-refractivity contribution in [2.75, 3.05) is 26.4 Å². The van der Waals surface area contributed by atoms with Crippen LogP contribution in [0.3, 0.4) is 0 Å². The number of carbonyl (C=O) groups excluding carboxylic acids is 2. The van der Waals surface area contributed by atoms with Gasteiger partial charge in [0.05, 0.1) is 38.6 Å². The Morgan fingerprint density at radius 3 is 1.80 bits per heavy atom. The molecule has 3 saturated heterocycles. The van der Waals surface area contributed by atoms with E-state index < -0.39 is 148 Å². The van der Waals surface area contributed by atoms with E-state index in [4.69, 9.17) is 28.4 Å². The summed E-state index contributed by atoms with van der Waals surface area (Å²) in [5, 5.41) is 137. The number of carboxylic acids is 2. The van der Waals surface area contributed by atoms with Crippen molar-refractivity contribution in [2.24, 2.45) is 0 Å². The molecule has 3 fully saturated rings. The fourth-order valence-electron chi connectivity index (χ4n) is 5.51. The maximum atomic E-state index is 12.6. The Balaban J connectivity index is 0.00000600. The molecule has 16 atom stereocenters. The zero-order valence-corrected chi connectivity index (χ0v) is 30.6. The van der Waals surface area contributed by atoms with Gasteiger partial charge in [-0.15, -0.1) is 6.58 Å². The van der Waals surface area contributed by atoms with Crippen LogP contribution in [0.15, 0.2) is 12.7 Å². The number of aliphatic carboxylic acids is 2. The molecule has 0 amide bonds. The van der Waals surface area contributed by atoms with Crippen molar-refractivity contribution in [1.82, 2.24) is 0 Å². The minimum Gasteiger partial charge on any atom is -0.544 e. The molecule has 49 heavy (non-hydrogen) atoms. The largest absolute Gasteiger partial charge is 1.00 e. The summed E-state index contributed by atoms with van der Waals surface area (Å²) in [6.45, 7) is -0.514. The molecule has 3 rings (SSSR count). The number of aliphatic hydroxyl groups is 11. The molecule has 23 heteroatoms. The predicted molar refractivity (Wildman–Crippen MR) is 138 cm³/mol. The van der Waals surface area contributed by atoms with E-state index in [1.807, 2.05) is 0 Å². The fourth-order valence-corrected chi connectivity index (χ4v) is 5.51. The van der Waals surface area contributed by atoms with Crippen LogP contribution in [0.4, 0.5) is 0 Å². The molecule has 0 aromatic rings. The Kier molecular flexibility index (Phi) is 19.1. The summed E-state index contributed by atoms with van der Waals surface area (Å²) in [7, 11) is 0. The molecule has 272 valence electrons. The monoisotopic (exact) mass is 734 g/mol. The SMILES string of the molecule is C=CCO[C@]1(C(=O)[O-])C[C@@H](O[C@]2(C(=O)[O-])C[C@@H](O)[C@@H](O)[C@@H]([C@H](O)CO)O2)[C@@H](O[C@H]2O[C@H]([C@@H](O)CO)[C@@H](O)[C@H](O)[C@@H]2O)[C@@H]([C@H](O)CO)O1.[Na+].[Na+]. The first-order valence-corrected chi connectivity index (χ1v) is 14.3. The van der Waals surface area contributed by atoms with Crippen LogP contribution in [0.25, 0.3) is 0 Å². The molecule has 0 unspecified atom stereocenters. The van der Waals surface area contributed by atoms with E-state index in [0.717, 1.165) is 6.08 Å². The van der Waals surface area contributed by atoms with Crippen molar-refractivity contribution < 1.29 is 164 Å². The summed E-state index contributed by atoms with van der Waals surface area (Å²) in [4.78, 5) is 25.0. The van der Waals surface area contributed by atoms with Crippen LogP contribution in [-0.2, 0) is 38.0 Å². The number of ether oxygens (including phenoxy) is 6. The Bertz CT molecular complexity index is 1080. The number of hydrogen-bond donors (Lipinski definition) is 11. The summed E-state index contributed by atoms with van der Waals surface area (Å²) in [5.74, 6) is -10.5. The van der Waals surface area contributed by atoms with Gasteiger partial charge in [0.2, 0.25) is 11.6 Å². The van der Waals surface area contributed by atoms with Gasteiger partial charge < -0.3 is 104 Å². The zero-order valence-electron chi connectivity index (χ0n) is 26.6. The smallest absolute Gasteiger partial charge is 0.544 e. The standard InChI is InChI=1S/C26H42O21.2Na/c1-2-3-42-25(23(38)39)5-13(45-26(24(40)41)4-9(30)14(34)19(46-26)11(32)7-28)21(20(47-25)12(33)8-29)44-22-17(37)15(35)16(36)18(43-22)10(31)6-27;;/h2,9-22,27-37H,1,3-8H2,(H,38,39)(H,40,41);;/q;2*+1/p-2/t9-,10+,11-,12-,13-,14-,15+,16+,17+,18-,19-,20-,21-,22-,25-,26-;;/m1../s1. The summed E-state index contributed by atoms with van der Waals surface area (Å²) >= 11 is 0.